The maximum absolute atomic E-state index is 8.52. The first-order chi connectivity index (χ1) is 8.80. The Balaban J connectivity index is 2.36. The van der Waals surface area contributed by atoms with Gasteiger partial charge in [-0.05, 0) is 6.42 Å². The molecule has 9 heteroatoms. The lowest BCUT2D eigenvalue weighted by Gasteiger charge is -2.07. The number of aliphatic hydroxyl groups is 1. The number of hydrazine groups is 1. The minimum Gasteiger partial charge on any atom is -0.467 e. The molecule has 0 fully saturated rings. The van der Waals surface area contributed by atoms with Crippen LogP contribution in [0.15, 0.2) is 0 Å². The molecule has 1 aromatic rings. The summed E-state index contributed by atoms with van der Waals surface area (Å²) < 4.78 is 10.0. The van der Waals surface area contributed by atoms with Gasteiger partial charge in [-0.1, -0.05) is 0 Å². The van der Waals surface area contributed by atoms with Crippen LogP contribution in [0.5, 0.6) is 6.01 Å². The van der Waals surface area contributed by atoms with Crippen molar-refractivity contribution in [2.75, 3.05) is 44.2 Å². The number of rotatable bonds is 9. The molecule has 18 heavy (non-hydrogen) atoms. The van der Waals surface area contributed by atoms with Crippen molar-refractivity contribution in [3.8, 4) is 6.01 Å². The van der Waals surface area contributed by atoms with Gasteiger partial charge in [-0.2, -0.15) is 15.0 Å². The highest BCUT2D eigenvalue weighted by molar-refractivity contribution is 5.34. The van der Waals surface area contributed by atoms with E-state index in [0.717, 1.165) is 6.42 Å². The van der Waals surface area contributed by atoms with E-state index in [9.17, 15) is 0 Å². The third kappa shape index (κ3) is 5.08. The molecule has 0 unspecified atom stereocenters. The van der Waals surface area contributed by atoms with Gasteiger partial charge >= 0.3 is 6.01 Å². The van der Waals surface area contributed by atoms with Gasteiger partial charge < -0.3 is 19.9 Å². The molecule has 0 spiro atoms. The fraction of sp³-hybridized carbons (Fsp3) is 0.667. The Labute approximate surface area is 105 Å². The third-order valence-corrected chi connectivity index (χ3v) is 1.91. The smallest absolute Gasteiger partial charge is 0.322 e. The number of nitrogens with zero attached hydrogens (tertiary/aromatic N) is 3. The number of nitrogens with two attached hydrogens (primary N) is 1. The highest BCUT2D eigenvalue weighted by atomic mass is 16.5. The standard InChI is InChI=1S/C9H18N6O3/c1-17-9-13-7(12-8(14-9)15-10)11-3-2-5-18-6-4-16/h16H,2-6,10H2,1H3,(H2,11,12,13,14,15). The zero-order valence-electron chi connectivity index (χ0n) is 10.2. The molecule has 0 bridgehead atoms. The Hall–Kier alpha value is -1.71. The molecule has 102 valence electrons. The maximum atomic E-state index is 8.52. The van der Waals surface area contributed by atoms with Gasteiger partial charge in [0.15, 0.2) is 0 Å². The lowest BCUT2D eigenvalue weighted by molar-refractivity contribution is 0.0921. The van der Waals surface area contributed by atoms with Crippen LogP contribution in [0.3, 0.4) is 0 Å². The molecule has 0 atom stereocenters. The minimum atomic E-state index is 0.0314. The quantitative estimate of drug-likeness (QED) is 0.250. The number of aliphatic hydroxyl groups excluding tert-OH is 1. The topological polar surface area (TPSA) is 127 Å². The predicted molar refractivity (Wildman–Crippen MR) is 65.2 cm³/mol. The monoisotopic (exact) mass is 258 g/mol. The van der Waals surface area contributed by atoms with Crippen molar-refractivity contribution in [2.24, 2.45) is 5.84 Å². The van der Waals surface area contributed by atoms with E-state index in [0.29, 0.717) is 25.7 Å². The first kappa shape index (κ1) is 14.4. The van der Waals surface area contributed by atoms with Crippen LogP contribution in [-0.4, -0.2) is 53.5 Å². The van der Waals surface area contributed by atoms with Crippen LogP contribution in [0.25, 0.3) is 0 Å². The van der Waals surface area contributed by atoms with Gasteiger partial charge in [-0.3, -0.25) is 5.43 Å². The number of nitrogen functional groups attached to an aromatic ring is 1. The lowest BCUT2D eigenvalue weighted by atomic mass is 10.4. The highest BCUT2D eigenvalue weighted by Gasteiger charge is 2.04. The molecule has 0 saturated heterocycles. The van der Waals surface area contributed by atoms with Crippen LogP contribution in [0.1, 0.15) is 6.42 Å². The molecule has 1 heterocycles. The summed E-state index contributed by atoms with van der Waals surface area (Å²) >= 11 is 0. The van der Waals surface area contributed by atoms with E-state index in [1.165, 1.54) is 7.11 Å². The molecule has 1 rings (SSSR count). The highest BCUT2D eigenvalue weighted by Crippen LogP contribution is 2.09. The molecule has 0 aliphatic heterocycles. The first-order valence-electron chi connectivity index (χ1n) is 5.49. The summed E-state index contributed by atoms with van der Waals surface area (Å²) in [6.45, 7) is 1.56. The predicted octanol–water partition coefficient (Wildman–Crippen LogP) is -1.02. The van der Waals surface area contributed by atoms with Crippen molar-refractivity contribution in [2.45, 2.75) is 6.42 Å². The molecule has 1 aromatic heterocycles. The fourth-order valence-electron chi connectivity index (χ4n) is 1.13. The molecular weight excluding hydrogens is 240 g/mol. The van der Waals surface area contributed by atoms with Crippen LogP contribution in [0, 0.1) is 0 Å². The van der Waals surface area contributed by atoms with Crippen molar-refractivity contribution in [1.29, 1.82) is 0 Å². The van der Waals surface area contributed by atoms with Crippen LogP contribution in [0.2, 0.25) is 0 Å². The molecular formula is C9H18N6O3. The summed E-state index contributed by atoms with van der Waals surface area (Å²) in [6, 6.07) is 0.178. The first-order valence-corrected chi connectivity index (χ1v) is 5.49. The third-order valence-electron chi connectivity index (χ3n) is 1.91. The van der Waals surface area contributed by atoms with Crippen molar-refractivity contribution in [3.63, 3.8) is 0 Å². The number of nitrogens with one attached hydrogen (secondary N) is 2. The van der Waals surface area contributed by atoms with Crippen molar-refractivity contribution < 1.29 is 14.6 Å². The van der Waals surface area contributed by atoms with Crippen LogP contribution in [-0.2, 0) is 4.74 Å². The summed E-state index contributed by atoms with van der Waals surface area (Å²) in [6.07, 6.45) is 0.763. The summed E-state index contributed by atoms with van der Waals surface area (Å²) in [5.41, 5.74) is 2.33. The van der Waals surface area contributed by atoms with Crippen LogP contribution in [0.4, 0.5) is 11.9 Å². The van der Waals surface area contributed by atoms with E-state index in [1.807, 2.05) is 0 Å². The molecule has 0 amide bonds. The van der Waals surface area contributed by atoms with Crippen LogP contribution >= 0.6 is 0 Å². The van der Waals surface area contributed by atoms with E-state index < -0.39 is 0 Å². The van der Waals surface area contributed by atoms with Gasteiger partial charge in [0, 0.05) is 13.2 Å². The second-order valence-electron chi connectivity index (χ2n) is 3.23. The Morgan fingerprint density at radius 2 is 2.00 bits per heavy atom. The molecule has 9 nitrogen and oxygen atoms in total. The van der Waals surface area contributed by atoms with Gasteiger partial charge in [-0.15, -0.1) is 0 Å². The Kier molecular flexibility index (Phi) is 6.69. The normalized spacial score (nSPS) is 10.2. The van der Waals surface area contributed by atoms with E-state index in [2.05, 4.69) is 25.7 Å². The molecule has 0 aliphatic carbocycles. The van der Waals surface area contributed by atoms with Crippen LogP contribution < -0.4 is 21.3 Å². The Morgan fingerprint density at radius 1 is 1.22 bits per heavy atom. The molecule has 0 aromatic carbocycles. The Bertz CT molecular complexity index is 329. The van der Waals surface area contributed by atoms with Gasteiger partial charge in [0.05, 0.1) is 20.3 Å². The minimum absolute atomic E-state index is 0.0314. The largest absolute Gasteiger partial charge is 0.467 e. The van der Waals surface area contributed by atoms with E-state index in [4.69, 9.17) is 20.4 Å². The van der Waals surface area contributed by atoms with Gasteiger partial charge in [0.25, 0.3) is 0 Å². The van der Waals surface area contributed by atoms with E-state index in [1.54, 1.807) is 0 Å². The van der Waals surface area contributed by atoms with Gasteiger partial charge in [-0.25, -0.2) is 5.84 Å². The van der Waals surface area contributed by atoms with Crippen molar-refractivity contribution in [3.05, 3.63) is 0 Å². The van der Waals surface area contributed by atoms with E-state index >= 15 is 0 Å². The number of ether oxygens (including phenoxy) is 2. The second-order valence-corrected chi connectivity index (χ2v) is 3.23. The number of hydrogen-bond donors (Lipinski definition) is 4. The zero-order valence-corrected chi connectivity index (χ0v) is 10.2. The number of methoxy groups -OCH3 is 1. The summed E-state index contributed by atoms with van der Waals surface area (Å²) in [4.78, 5) is 11.9. The molecule has 0 saturated carbocycles. The maximum Gasteiger partial charge on any atom is 0.322 e. The van der Waals surface area contributed by atoms with Gasteiger partial charge in [0.2, 0.25) is 11.9 Å². The summed E-state index contributed by atoms with van der Waals surface area (Å²) in [5, 5.41) is 11.5. The summed E-state index contributed by atoms with van der Waals surface area (Å²) in [5.74, 6) is 5.82. The molecule has 5 N–H and O–H groups in total. The zero-order chi connectivity index (χ0) is 13.2. The number of hydrogen-bond acceptors (Lipinski definition) is 9. The van der Waals surface area contributed by atoms with Crippen molar-refractivity contribution in [1.82, 2.24) is 15.0 Å². The second kappa shape index (κ2) is 8.39. The average molecular weight is 258 g/mol. The SMILES string of the molecule is COc1nc(NN)nc(NCCCOCCO)n1. The van der Waals surface area contributed by atoms with Gasteiger partial charge in [0.1, 0.15) is 0 Å². The van der Waals surface area contributed by atoms with Crippen molar-refractivity contribution >= 4 is 11.9 Å². The Morgan fingerprint density at radius 3 is 2.67 bits per heavy atom. The molecule has 0 radical (unpaired) electrons. The number of anilines is 2. The summed E-state index contributed by atoms with van der Waals surface area (Å²) in [7, 11) is 1.46. The number of aromatic nitrogens is 3. The average Bonchev–Trinajstić information content (AvgIpc) is 2.42. The fourth-order valence-corrected chi connectivity index (χ4v) is 1.13. The lowest BCUT2D eigenvalue weighted by Crippen LogP contribution is -2.15. The van der Waals surface area contributed by atoms with E-state index in [-0.39, 0.29) is 18.6 Å². The molecule has 0 aliphatic rings.